The second-order valence-corrected chi connectivity index (χ2v) is 5.93. The first-order valence-electron chi connectivity index (χ1n) is 7.08. The molecule has 1 saturated carbocycles. The standard InChI is InChI=1S/C15H20FN3OS/c16-13-6-5-10(7-12(13)15(18)21)8-19(9-14(17)20)11-3-1-2-4-11/h5-7,11H,1-4,8-9H2,(H2,17,20)(H2,18,21). The van der Waals surface area contributed by atoms with Crippen molar-refractivity contribution in [2.45, 2.75) is 38.3 Å². The summed E-state index contributed by atoms with van der Waals surface area (Å²) in [6, 6.07) is 5.07. The van der Waals surface area contributed by atoms with Gasteiger partial charge in [-0.1, -0.05) is 31.1 Å². The van der Waals surface area contributed by atoms with Gasteiger partial charge < -0.3 is 11.5 Å². The van der Waals surface area contributed by atoms with Gasteiger partial charge in [0.25, 0.3) is 0 Å². The maximum atomic E-state index is 13.6. The third-order valence-electron chi connectivity index (χ3n) is 3.88. The van der Waals surface area contributed by atoms with Gasteiger partial charge in [-0.25, -0.2) is 4.39 Å². The molecule has 0 radical (unpaired) electrons. The minimum absolute atomic E-state index is 0.0386. The van der Waals surface area contributed by atoms with E-state index in [-0.39, 0.29) is 23.0 Å². The molecule has 1 amide bonds. The lowest BCUT2D eigenvalue weighted by Gasteiger charge is -2.27. The lowest BCUT2D eigenvalue weighted by Crippen LogP contribution is -2.39. The zero-order valence-electron chi connectivity index (χ0n) is 11.8. The zero-order chi connectivity index (χ0) is 15.4. The van der Waals surface area contributed by atoms with Crippen LogP contribution in [0.2, 0.25) is 0 Å². The lowest BCUT2D eigenvalue weighted by atomic mass is 10.1. The van der Waals surface area contributed by atoms with Crippen LogP contribution in [0.1, 0.15) is 36.8 Å². The monoisotopic (exact) mass is 309 g/mol. The Hall–Kier alpha value is -1.53. The fourth-order valence-corrected chi connectivity index (χ4v) is 3.03. The van der Waals surface area contributed by atoms with Crippen molar-refractivity contribution in [3.8, 4) is 0 Å². The van der Waals surface area contributed by atoms with Crippen molar-refractivity contribution >= 4 is 23.1 Å². The van der Waals surface area contributed by atoms with Crippen molar-refractivity contribution in [1.29, 1.82) is 0 Å². The van der Waals surface area contributed by atoms with Crippen LogP contribution in [0.3, 0.4) is 0 Å². The largest absolute Gasteiger partial charge is 0.389 e. The Morgan fingerprint density at radius 3 is 2.57 bits per heavy atom. The Balaban J connectivity index is 2.17. The van der Waals surface area contributed by atoms with Crippen LogP contribution in [-0.2, 0) is 11.3 Å². The number of benzene rings is 1. The summed E-state index contributed by atoms with van der Waals surface area (Å²) < 4.78 is 13.6. The molecule has 0 heterocycles. The third-order valence-corrected chi connectivity index (χ3v) is 4.10. The number of halogens is 1. The van der Waals surface area contributed by atoms with Crippen molar-refractivity contribution in [3.05, 3.63) is 35.1 Å². The quantitative estimate of drug-likeness (QED) is 0.784. The van der Waals surface area contributed by atoms with E-state index in [1.165, 1.54) is 18.9 Å². The average molecular weight is 309 g/mol. The summed E-state index contributed by atoms with van der Waals surface area (Å²) in [6.07, 6.45) is 4.47. The molecule has 6 heteroatoms. The van der Waals surface area contributed by atoms with E-state index in [2.05, 4.69) is 4.90 Å². The first kappa shape index (κ1) is 15.9. The Morgan fingerprint density at radius 1 is 1.33 bits per heavy atom. The van der Waals surface area contributed by atoms with E-state index in [0.29, 0.717) is 12.6 Å². The van der Waals surface area contributed by atoms with Gasteiger partial charge in [0.2, 0.25) is 5.91 Å². The molecule has 1 aromatic rings. The van der Waals surface area contributed by atoms with Crippen LogP contribution in [0, 0.1) is 5.82 Å². The molecule has 0 atom stereocenters. The van der Waals surface area contributed by atoms with Crippen LogP contribution in [0.15, 0.2) is 18.2 Å². The Bertz CT molecular complexity index is 544. The molecule has 1 aliphatic rings. The van der Waals surface area contributed by atoms with E-state index in [1.54, 1.807) is 12.1 Å². The van der Waals surface area contributed by atoms with Crippen molar-refractivity contribution in [2.75, 3.05) is 6.54 Å². The van der Waals surface area contributed by atoms with Crippen LogP contribution in [0.25, 0.3) is 0 Å². The Labute approximate surface area is 129 Å². The summed E-state index contributed by atoms with van der Waals surface area (Å²) in [6.45, 7) is 0.758. The fourth-order valence-electron chi connectivity index (χ4n) is 2.88. The zero-order valence-corrected chi connectivity index (χ0v) is 12.7. The molecule has 1 aliphatic carbocycles. The first-order chi connectivity index (χ1) is 9.97. The molecule has 0 aromatic heterocycles. The van der Waals surface area contributed by atoms with Crippen molar-refractivity contribution in [2.24, 2.45) is 11.5 Å². The van der Waals surface area contributed by atoms with Crippen molar-refractivity contribution in [3.63, 3.8) is 0 Å². The number of carbonyl (C=O) groups is 1. The van der Waals surface area contributed by atoms with E-state index in [9.17, 15) is 9.18 Å². The van der Waals surface area contributed by atoms with Gasteiger partial charge in [-0.15, -0.1) is 0 Å². The predicted molar refractivity (Wildman–Crippen MR) is 84.1 cm³/mol. The highest BCUT2D eigenvalue weighted by Crippen LogP contribution is 2.25. The highest BCUT2D eigenvalue weighted by molar-refractivity contribution is 7.80. The molecule has 0 bridgehead atoms. The molecular formula is C15H20FN3OS. The lowest BCUT2D eigenvalue weighted by molar-refractivity contribution is -0.119. The summed E-state index contributed by atoms with van der Waals surface area (Å²) >= 11 is 4.85. The fraction of sp³-hybridized carbons (Fsp3) is 0.467. The number of carbonyl (C=O) groups excluding carboxylic acids is 1. The van der Waals surface area contributed by atoms with Gasteiger partial charge in [-0.05, 0) is 30.5 Å². The molecular weight excluding hydrogens is 289 g/mol. The first-order valence-corrected chi connectivity index (χ1v) is 7.49. The van der Waals surface area contributed by atoms with E-state index >= 15 is 0 Å². The van der Waals surface area contributed by atoms with Crippen LogP contribution >= 0.6 is 12.2 Å². The van der Waals surface area contributed by atoms with Crippen molar-refractivity contribution < 1.29 is 9.18 Å². The second-order valence-electron chi connectivity index (χ2n) is 5.49. The van der Waals surface area contributed by atoms with E-state index < -0.39 is 5.82 Å². The molecule has 1 aromatic carbocycles. The number of rotatable bonds is 6. The van der Waals surface area contributed by atoms with Gasteiger partial charge in [-0.3, -0.25) is 9.69 Å². The SMILES string of the molecule is NC(=O)CN(Cc1ccc(F)c(C(N)=S)c1)C1CCCC1. The molecule has 1 fully saturated rings. The summed E-state index contributed by atoms with van der Waals surface area (Å²) in [5.41, 5.74) is 12.0. The molecule has 2 rings (SSSR count). The number of amides is 1. The summed E-state index contributed by atoms with van der Waals surface area (Å²) in [5, 5.41) is 0. The summed E-state index contributed by atoms with van der Waals surface area (Å²) in [5.74, 6) is -0.771. The van der Waals surface area contributed by atoms with Gasteiger partial charge >= 0.3 is 0 Å². The maximum absolute atomic E-state index is 13.6. The number of nitrogens with zero attached hydrogens (tertiary/aromatic N) is 1. The van der Waals surface area contributed by atoms with E-state index in [0.717, 1.165) is 18.4 Å². The third kappa shape index (κ3) is 4.22. The topological polar surface area (TPSA) is 72.4 Å². The minimum atomic E-state index is -0.423. The second kappa shape index (κ2) is 6.95. The van der Waals surface area contributed by atoms with Gasteiger partial charge in [-0.2, -0.15) is 0 Å². The predicted octanol–water partition coefficient (Wildman–Crippen LogP) is 1.69. The highest BCUT2D eigenvalue weighted by Gasteiger charge is 2.24. The van der Waals surface area contributed by atoms with Crippen LogP contribution in [0.5, 0.6) is 0 Å². The van der Waals surface area contributed by atoms with Gasteiger partial charge in [0.1, 0.15) is 10.8 Å². The highest BCUT2D eigenvalue weighted by atomic mass is 32.1. The van der Waals surface area contributed by atoms with Gasteiger partial charge in [0.15, 0.2) is 0 Å². The Morgan fingerprint density at radius 2 is 2.00 bits per heavy atom. The average Bonchev–Trinajstić information content (AvgIpc) is 2.93. The summed E-state index contributed by atoms with van der Waals surface area (Å²) in [4.78, 5) is 13.4. The summed E-state index contributed by atoms with van der Waals surface area (Å²) in [7, 11) is 0. The number of nitrogens with two attached hydrogens (primary N) is 2. The smallest absolute Gasteiger partial charge is 0.231 e. The Kier molecular flexibility index (Phi) is 5.25. The minimum Gasteiger partial charge on any atom is -0.389 e. The molecule has 0 saturated heterocycles. The number of thiocarbonyl (C=S) groups is 1. The molecule has 114 valence electrons. The van der Waals surface area contributed by atoms with Crippen LogP contribution in [-0.4, -0.2) is 28.4 Å². The molecule has 4 N–H and O–H groups in total. The normalized spacial score (nSPS) is 15.5. The van der Waals surface area contributed by atoms with Gasteiger partial charge in [0.05, 0.1) is 6.54 Å². The van der Waals surface area contributed by atoms with Gasteiger partial charge in [0, 0.05) is 18.2 Å². The number of hydrogen-bond acceptors (Lipinski definition) is 3. The molecule has 0 aliphatic heterocycles. The maximum Gasteiger partial charge on any atom is 0.231 e. The molecule has 21 heavy (non-hydrogen) atoms. The van der Waals surface area contributed by atoms with E-state index in [1.807, 2.05) is 0 Å². The van der Waals surface area contributed by atoms with E-state index in [4.69, 9.17) is 23.7 Å². The number of primary amides is 1. The van der Waals surface area contributed by atoms with Crippen LogP contribution in [0.4, 0.5) is 4.39 Å². The number of hydrogen-bond donors (Lipinski definition) is 2. The molecule has 0 spiro atoms. The van der Waals surface area contributed by atoms with Crippen LogP contribution < -0.4 is 11.5 Å². The van der Waals surface area contributed by atoms with Crippen molar-refractivity contribution in [1.82, 2.24) is 4.90 Å². The molecule has 0 unspecified atom stereocenters. The molecule has 4 nitrogen and oxygen atoms in total.